The Kier molecular flexibility index (Phi) is 5.39. The van der Waals surface area contributed by atoms with E-state index in [9.17, 15) is 8.42 Å². The molecule has 0 saturated carbocycles. The van der Waals surface area contributed by atoms with Crippen LogP contribution in [0.2, 0.25) is 0 Å². The zero-order chi connectivity index (χ0) is 13.6. The minimum absolute atomic E-state index is 0.0904. The molecule has 18 heavy (non-hydrogen) atoms. The highest BCUT2D eigenvalue weighted by molar-refractivity contribution is 7.87. The SMILES string of the molecule is CC.NS(=O)(=O)NC[C@H]1COc2ccccc2O1. The normalized spacial score (nSPS) is 17.6. The monoisotopic (exact) mass is 274 g/mol. The van der Waals surface area contributed by atoms with Gasteiger partial charge in [-0.3, -0.25) is 0 Å². The van der Waals surface area contributed by atoms with Gasteiger partial charge in [-0.05, 0) is 12.1 Å². The molecule has 1 aromatic rings. The Hall–Kier alpha value is -1.31. The van der Waals surface area contributed by atoms with E-state index in [1.54, 1.807) is 12.1 Å². The zero-order valence-electron chi connectivity index (χ0n) is 10.4. The largest absolute Gasteiger partial charge is 0.486 e. The van der Waals surface area contributed by atoms with Gasteiger partial charge in [-0.1, -0.05) is 26.0 Å². The van der Waals surface area contributed by atoms with Crippen LogP contribution >= 0.6 is 0 Å². The van der Waals surface area contributed by atoms with Crippen molar-refractivity contribution >= 4 is 10.2 Å². The van der Waals surface area contributed by atoms with Gasteiger partial charge in [0.15, 0.2) is 11.5 Å². The summed E-state index contributed by atoms with van der Waals surface area (Å²) in [5.41, 5.74) is 0. The van der Waals surface area contributed by atoms with E-state index in [1.807, 2.05) is 26.0 Å². The van der Waals surface area contributed by atoms with Crippen molar-refractivity contribution in [3.8, 4) is 11.5 Å². The zero-order valence-corrected chi connectivity index (χ0v) is 11.2. The van der Waals surface area contributed by atoms with E-state index >= 15 is 0 Å². The highest BCUT2D eigenvalue weighted by atomic mass is 32.2. The van der Waals surface area contributed by atoms with Crippen LogP contribution in [0.4, 0.5) is 0 Å². The molecule has 0 aliphatic carbocycles. The van der Waals surface area contributed by atoms with Crippen molar-refractivity contribution in [2.24, 2.45) is 5.14 Å². The van der Waals surface area contributed by atoms with Gasteiger partial charge in [-0.15, -0.1) is 0 Å². The van der Waals surface area contributed by atoms with E-state index in [4.69, 9.17) is 14.6 Å². The molecule has 0 saturated heterocycles. The smallest absolute Gasteiger partial charge is 0.274 e. The molecular weight excluding hydrogens is 256 g/mol. The number of benzene rings is 1. The standard InChI is InChI=1S/C9H12N2O4S.C2H6/c10-16(12,13)11-5-7-6-14-8-3-1-2-4-9(8)15-7;1-2/h1-4,7,11H,5-6H2,(H2,10,12,13);1-2H3/t7-;/m0./s1. The summed E-state index contributed by atoms with van der Waals surface area (Å²) in [6.07, 6.45) is -0.367. The summed E-state index contributed by atoms with van der Waals surface area (Å²) >= 11 is 0. The highest BCUT2D eigenvalue weighted by Crippen LogP contribution is 2.30. The molecule has 2 rings (SSSR count). The second kappa shape index (κ2) is 6.58. The van der Waals surface area contributed by atoms with E-state index in [2.05, 4.69) is 4.72 Å². The maximum Gasteiger partial charge on any atom is 0.274 e. The molecule has 0 spiro atoms. The van der Waals surface area contributed by atoms with Gasteiger partial charge in [-0.2, -0.15) is 13.1 Å². The number of fused-ring (bicyclic) bond motifs is 1. The molecule has 0 aromatic heterocycles. The Labute approximate surface area is 107 Å². The lowest BCUT2D eigenvalue weighted by Crippen LogP contribution is -2.42. The molecule has 1 aliphatic rings. The van der Waals surface area contributed by atoms with Crippen molar-refractivity contribution in [1.29, 1.82) is 0 Å². The maximum atomic E-state index is 10.7. The fraction of sp³-hybridized carbons (Fsp3) is 0.455. The van der Waals surface area contributed by atoms with Gasteiger partial charge in [-0.25, -0.2) is 5.14 Å². The first kappa shape index (κ1) is 14.7. The van der Waals surface area contributed by atoms with Gasteiger partial charge in [0.2, 0.25) is 0 Å². The van der Waals surface area contributed by atoms with Crippen molar-refractivity contribution in [3.63, 3.8) is 0 Å². The summed E-state index contributed by atoms with van der Waals surface area (Å²) in [7, 11) is -3.69. The van der Waals surface area contributed by atoms with Crippen LogP contribution in [0.1, 0.15) is 13.8 Å². The predicted molar refractivity (Wildman–Crippen MR) is 68.8 cm³/mol. The average Bonchev–Trinajstić information content (AvgIpc) is 2.38. The van der Waals surface area contributed by atoms with Crippen molar-refractivity contribution in [3.05, 3.63) is 24.3 Å². The number of nitrogens with two attached hydrogens (primary N) is 1. The van der Waals surface area contributed by atoms with E-state index in [-0.39, 0.29) is 12.6 Å². The van der Waals surface area contributed by atoms with Crippen molar-refractivity contribution < 1.29 is 17.9 Å². The van der Waals surface area contributed by atoms with Crippen molar-refractivity contribution in [2.45, 2.75) is 20.0 Å². The second-order valence-corrected chi connectivity index (χ2v) is 4.77. The quantitative estimate of drug-likeness (QED) is 0.846. The van der Waals surface area contributed by atoms with Crippen LogP contribution in [0.5, 0.6) is 11.5 Å². The first-order valence-electron chi connectivity index (χ1n) is 5.70. The lowest BCUT2D eigenvalue weighted by Gasteiger charge is -2.26. The number of hydrogen-bond donors (Lipinski definition) is 2. The van der Waals surface area contributed by atoms with Gasteiger partial charge >= 0.3 is 0 Å². The van der Waals surface area contributed by atoms with Gasteiger partial charge in [0, 0.05) is 0 Å². The van der Waals surface area contributed by atoms with Crippen molar-refractivity contribution in [2.75, 3.05) is 13.2 Å². The van der Waals surface area contributed by atoms with Crippen LogP contribution in [-0.4, -0.2) is 27.7 Å². The predicted octanol–water partition coefficient (Wildman–Crippen LogP) is 0.646. The minimum Gasteiger partial charge on any atom is -0.486 e. The van der Waals surface area contributed by atoms with Crippen molar-refractivity contribution in [1.82, 2.24) is 4.72 Å². The molecule has 6 nitrogen and oxygen atoms in total. The van der Waals surface area contributed by atoms with E-state index in [0.29, 0.717) is 18.1 Å². The molecule has 1 aromatic carbocycles. The second-order valence-electron chi connectivity index (χ2n) is 3.39. The molecule has 0 radical (unpaired) electrons. The van der Waals surface area contributed by atoms with Gasteiger partial charge in [0.1, 0.15) is 12.7 Å². The topological polar surface area (TPSA) is 90.7 Å². The first-order valence-corrected chi connectivity index (χ1v) is 7.25. The highest BCUT2D eigenvalue weighted by Gasteiger charge is 2.21. The summed E-state index contributed by atoms with van der Waals surface area (Å²) in [5, 5.41) is 4.81. The Bertz CT molecular complexity index is 476. The van der Waals surface area contributed by atoms with Crippen LogP contribution < -0.4 is 19.3 Å². The molecule has 1 aliphatic heterocycles. The fourth-order valence-corrected chi connectivity index (χ4v) is 1.79. The molecule has 0 bridgehead atoms. The number of para-hydroxylation sites is 2. The van der Waals surface area contributed by atoms with E-state index in [0.717, 1.165) is 0 Å². The third-order valence-electron chi connectivity index (χ3n) is 2.08. The Morgan fingerprint density at radius 2 is 1.94 bits per heavy atom. The molecule has 0 fully saturated rings. The first-order chi connectivity index (χ1) is 8.54. The number of nitrogens with one attached hydrogen (secondary N) is 1. The lowest BCUT2D eigenvalue weighted by molar-refractivity contribution is 0.0943. The molecule has 102 valence electrons. The van der Waals surface area contributed by atoms with Gasteiger partial charge in [0.05, 0.1) is 6.54 Å². The third-order valence-corrected chi connectivity index (χ3v) is 2.65. The third kappa shape index (κ3) is 4.52. The number of rotatable bonds is 3. The Morgan fingerprint density at radius 3 is 2.56 bits per heavy atom. The number of hydrogen-bond acceptors (Lipinski definition) is 4. The Morgan fingerprint density at radius 1 is 1.33 bits per heavy atom. The fourth-order valence-electron chi connectivity index (χ4n) is 1.37. The van der Waals surface area contributed by atoms with Crippen LogP contribution in [0.25, 0.3) is 0 Å². The summed E-state index contributed by atoms with van der Waals surface area (Å²) in [6.45, 7) is 4.38. The molecular formula is C11H18N2O4S. The summed E-state index contributed by atoms with van der Waals surface area (Å²) in [6, 6.07) is 7.21. The minimum atomic E-state index is -3.69. The molecule has 7 heteroatoms. The van der Waals surface area contributed by atoms with Crippen LogP contribution in [0.3, 0.4) is 0 Å². The Balaban J connectivity index is 0.000000771. The van der Waals surface area contributed by atoms with E-state index in [1.165, 1.54) is 0 Å². The van der Waals surface area contributed by atoms with Gasteiger partial charge < -0.3 is 9.47 Å². The molecule has 3 N–H and O–H groups in total. The summed E-state index contributed by atoms with van der Waals surface area (Å²) in [5.74, 6) is 1.27. The summed E-state index contributed by atoms with van der Waals surface area (Å²) < 4.78 is 34.5. The number of ether oxygens (including phenoxy) is 2. The molecule has 0 unspecified atom stereocenters. The summed E-state index contributed by atoms with van der Waals surface area (Å²) in [4.78, 5) is 0. The van der Waals surface area contributed by atoms with Crippen LogP contribution in [0, 0.1) is 0 Å². The average molecular weight is 274 g/mol. The molecule has 0 amide bonds. The maximum absolute atomic E-state index is 10.7. The van der Waals surface area contributed by atoms with Crippen LogP contribution in [-0.2, 0) is 10.2 Å². The van der Waals surface area contributed by atoms with Gasteiger partial charge in [0.25, 0.3) is 10.2 Å². The molecule has 1 heterocycles. The molecule has 1 atom stereocenters. The lowest BCUT2D eigenvalue weighted by atomic mass is 10.2. The van der Waals surface area contributed by atoms with E-state index < -0.39 is 10.2 Å². The van der Waals surface area contributed by atoms with Crippen LogP contribution in [0.15, 0.2) is 24.3 Å².